The lowest BCUT2D eigenvalue weighted by atomic mass is 10.2. The molecule has 2 atom stereocenters. The van der Waals surface area contributed by atoms with Crippen LogP contribution in [0, 0.1) is 0 Å². The van der Waals surface area contributed by atoms with E-state index >= 15 is 0 Å². The molecule has 21 heavy (non-hydrogen) atoms. The van der Waals surface area contributed by atoms with Gasteiger partial charge >= 0.3 is 0 Å². The molecule has 0 aromatic carbocycles. The van der Waals surface area contributed by atoms with E-state index in [4.69, 9.17) is 4.74 Å². The van der Waals surface area contributed by atoms with E-state index in [-0.39, 0.29) is 6.10 Å². The molecule has 1 N–H and O–H groups in total. The molecule has 0 spiro atoms. The van der Waals surface area contributed by atoms with Crippen molar-refractivity contribution in [3.8, 4) is 0 Å². The Balaban J connectivity index is 1.67. The largest absolute Gasteiger partial charge is 0.380 e. The first kappa shape index (κ1) is 14.3. The van der Waals surface area contributed by atoms with Gasteiger partial charge in [0, 0.05) is 57.4 Å². The van der Waals surface area contributed by atoms with Crippen LogP contribution in [0.5, 0.6) is 0 Å². The van der Waals surface area contributed by atoms with Gasteiger partial charge in [0.05, 0.1) is 12.1 Å². The van der Waals surface area contributed by atoms with Crippen molar-refractivity contribution >= 4 is 0 Å². The van der Waals surface area contributed by atoms with Gasteiger partial charge in [-0.3, -0.25) is 9.58 Å². The van der Waals surface area contributed by atoms with Gasteiger partial charge in [0.2, 0.25) is 0 Å². The number of hydrogen-bond donors (Lipinski definition) is 1. The summed E-state index contributed by atoms with van der Waals surface area (Å²) < 4.78 is 7.61. The number of rotatable bonds is 6. The zero-order valence-corrected chi connectivity index (χ0v) is 12.7. The molecule has 1 fully saturated rings. The number of aromatic nitrogens is 4. The molecule has 1 aliphatic heterocycles. The fourth-order valence-electron chi connectivity index (χ4n) is 3.14. The third kappa shape index (κ3) is 3.01. The van der Waals surface area contributed by atoms with Crippen molar-refractivity contribution in [3.63, 3.8) is 0 Å². The highest BCUT2D eigenvalue weighted by molar-refractivity contribution is 5.05. The quantitative estimate of drug-likeness (QED) is 0.878. The molecule has 0 amide bonds. The molecule has 3 heterocycles. The van der Waals surface area contributed by atoms with Gasteiger partial charge in [0.1, 0.15) is 5.82 Å². The van der Waals surface area contributed by atoms with E-state index < -0.39 is 0 Å². The van der Waals surface area contributed by atoms with E-state index in [1.165, 1.54) is 5.69 Å². The summed E-state index contributed by atoms with van der Waals surface area (Å²) in [5.41, 5.74) is 1.29. The highest BCUT2D eigenvalue weighted by Gasteiger charge is 2.34. The average Bonchev–Trinajstić information content (AvgIpc) is 3.23. The number of aromatic amines is 1. The zero-order chi connectivity index (χ0) is 14.7. The van der Waals surface area contributed by atoms with Crippen LogP contribution in [0.2, 0.25) is 0 Å². The average molecular weight is 289 g/mol. The molecule has 1 saturated heterocycles. The number of hydrogen-bond acceptors (Lipinski definition) is 4. The minimum absolute atomic E-state index is 0.288. The Bertz CT molecular complexity index is 550. The van der Waals surface area contributed by atoms with Crippen LogP contribution in [0.25, 0.3) is 0 Å². The smallest absolute Gasteiger partial charge is 0.123 e. The molecule has 0 radical (unpaired) electrons. The minimum atomic E-state index is 0.288. The van der Waals surface area contributed by atoms with E-state index in [1.54, 1.807) is 7.11 Å². The Hall–Kier alpha value is -1.66. The predicted octanol–water partition coefficient (Wildman–Crippen LogP) is 1.63. The van der Waals surface area contributed by atoms with Crippen LogP contribution in [0.3, 0.4) is 0 Å². The molecule has 0 bridgehead atoms. The van der Waals surface area contributed by atoms with E-state index in [1.807, 2.05) is 18.6 Å². The fraction of sp³-hybridized carbons (Fsp3) is 0.600. The van der Waals surface area contributed by atoms with Crippen molar-refractivity contribution < 1.29 is 4.74 Å². The van der Waals surface area contributed by atoms with Crippen LogP contribution < -0.4 is 0 Å². The molecule has 1 unspecified atom stereocenters. The van der Waals surface area contributed by atoms with Crippen molar-refractivity contribution in [1.29, 1.82) is 0 Å². The lowest BCUT2D eigenvalue weighted by molar-refractivity contribution is 0.108. The van der Waals surface area contributed by atoms with E-state index in [0.29, 0.717) is 6.04 Å². The maximum absolute atomic E-state index is 5.55. The Morgan fingerprint density at radius 3 is 3.05 bits per heavy atom. The van der Waals surface area contributed by atoms with E-state index in [2.05, 4.69) is 37.6 Å². The van der Waals surface area contributed by atoms with E-state index in [9.17, 15) is 0 Å². The zero-order valence-electron chi connectivity index (χ0n) is 12.7. The number of likely N-dealkylation sites (tertiary alicyclic amines) is 1. The minimum Gasteiger partial charge on any atom is -0.380 e. The van der Waals surface area contributed by atoms with Crippen molar-refractivity contribution in [2.24, 2.45) is 0 Å². The molecule has 2 aromatic heterocycles. The summed E-state index contributed by atoms with van der Waals surface area (Å²) in [5, 5.41) is 4.33. The fourth-order valence-corrected chi connectivity index (χ4v) is 3.14. The summed E-state index contributed by atoms with van der Waals surface area (Å²) in [6.45, 7) is 5.00. The summed E-state index contributed by atoms with van der Waals surface area (Å²) in [6, 6.07) is 2.43. The highest BCUT2D eigenvalue weighted by Crippen LogP contribution is 2.31. The molecule has 114 valence electrons. The van der Waals surface area contributed by atoms with Gasteiger partial charge in [-0.15, -0.1) is 0 Å². The maximum atomic E-state index is 5.55. The molecule has 6 nitrogen and oxygen atoms in total. The van der Waals surface area contributed by atoms with Gasteiger partial charge in [-0.1, -0.05) is 0 Å². The lowest BCUT2D eigenvalue weighted by Gasteiger charge is -2.22. The Labute approximate surface area is 125 Å². The van der Waals surface area contributed by atoms with Gasteiger partial charge in [-0.2, -0.15) is 5.10 Å². The predicted molar refractivity (Wildman–Crippen MR) is 79.9 cm³/mol. The molecular formula is C15H23N5O. The van der Waals surface area contributed by atoms with Crippen LogP contribution in [-0.4, -0.2) is 51.0 Å². The van der Waals surface area contributed by atoms with E-state index in [0.717, 1.165) is 38.3 Å². The third-order valence-corrected chi connectivity index (χ3v) is 4.29. The number of aryl methyl sites for hydroxylation is 1. The van der Waals surface area contributed by atoms with Crippen molar-refractivity contribution in [2.75, 3.05) is 20.2 Å². The van der Waals surface area contributed by atoms with Crippen LogP contribution in [0.4, 0.5) is 0 Å². The third-order valence-electron chi connectivity index (χ3n) is 4.29. The van der Waals surface area contributed by atoms with Gasteiger partial charge in [-0.05, 0) is 19.4 Å². The molecule has 0 aliphatic carbocycles. The van der Waals surface area contributed by atoms with Gasteiger partial charge in [0.15, 0.2) is 0 Å². The number of ether oxygens (including phenoxy) is 1. The molecular weight excluding hydrogens is 266 g/mol. The first-order valence-electron chi connectivity index (χ1n) is 7.58. The molecule has 2 aromatic rings. The van der Waals surface area contributed by atoms with Gasteiger partial charge < -0.3 is 9.72 Å². The first-order chi connectivity index (χ1) is 10.3. The number of nitrogens with zero attached hydrogens (tertiary/aromatic N) is 4. The van der Waals surface area contributed by atoms with Crippen LogP contribution in [0.15, 0.2) is 24.7 Å². The normalized spacial score (nSPS) is 23.0. The van der Waals surface area contributed by atoms with Gasteiger partial charge in [-0.25, -0.2) is 4.98 Å². The van der Waals surface area contributed by atoms with Crippen LogP contribution in [0.1, 0.15) is 30.9 Å². The van der Waals surface area contributed by atoms with Gasteiger partial charge in [0.25, 0.3) is 0 Å². The maximum Gasteiger partial charge on any atom is 0.123 e. The molecule has 0 saturated carbocycles. The molecule has 6 heteroatoms. The number of nitrogens with one attached hydrogen (secondary N) is 1. The topological polar surface area (TPSA) is 59.0 Å². The summed E-state index contributed by atoms with van der Waals surface area (Å²) in [4.78, 5) is 10.1. The molecule has 3 rings (SSSR count). The monoisotopic (exact) mass is 289 g/mol. The summed E-state index contributed by atoms with van der Waals surface area (Å²) in [6.07, 6.45) is 7.87. The Morgan fingerprint density at radius 2 is 2.33 bits per heavy atom. The highest BCUT2D eigenvalue weighted by atomic mass is 16.5. The second-order valence-electron chi connectivity index (χ2n) is 5.47. The first-order valence-corrected chi connectivity index (χ1v) is 7.58. The number of H-pyrrole nitrogens is 1. The molecule has 1 aliphatic rings. The summed E-state index contributed by atoms with van der Waals surface area (Å²) >= 11 is 0. The Morgan fingerprint density at radius 1 is 1.43 bits per heavy atom. The second-order valence-corrected chi connectivity index (χ2v) is 5.47. The Kier molecular flexibility index (Phi) is 4.36. The second kappa shape index (κ2) is 6.41. The van der Waals surface area contributed by atoms with Crippen molar-refractivity contribution in [3.05, 3.63) is 36.2 Å². The lowest BCUT2D eigenvalue weighted by Crippen LogP contribution is -2.28. The van der Waals surface area contributed by atoms with Crippen LogP contribution in [-0.2, 0) is 17.7 Å². The van der Waals surface area contributed by atoms with Crippen molar-refractivity contribution in [2.45, 2.75) is 38.5 Å². The van der Waals surface area contributed by atoms with Crippen LogP contribution >= 0.6 is 0 Å². The number of methoxy groups -OCH3 is 1. The summed E-state index contributed by atoms with van der Waals surface area (Å²) in [7, 11) is 1.79. The SMILES string of the molecule is CCn1nccc1CCN1C[C@H](OC)CC1c1ncc[nH]1. The number of imidazole rings is 1. The van der Waals surface area contributed by atoms with Crippen molar-refractivity contribution in [1.82, 2.24) is 24.6 Å². The summed E-state index contributed by atoms with van der Waals surface area (Å²) in [5.74, 6) is 1.04. The standard InChI is InChI=1S/C15H23N5O/c1-3-20-12(4-6-18-20)5-9-19-11-13(21-2)10-14(19)15-16-7-8-17-15/h4,6-8,13-14H,3,5,9-11H2,1-2H3,(H,16,17)/t13-,14?/m1/s1.